The van der Waals surface area contributed by atoms with Crippen molar-refractivity contribution in [1.29, 1.82) is 0 Å². The molecule has 0 bridgehead atoms. The van der Waals surface area contributed by atoms with Gasteiger partial charge in [0, 0.05) is 0 Å². The average Bonchev–Trinajstić information content (AvgIpc) is 3.07. The van der Waals surface area contributed by atoms with Crippen LogP contribution >= 0.6 is 23.2 Å². The van der Waals surface area contributed by atoms with Crippen LogP contribution in [0.1, 0.15) is 51.4 Å². The molecule has 2 fully saturated rings. The smallest absolute Gasteiger partial charge is 0.212 e. The van der Waals surface area contributed by atoms with Gasteiger partial charge in [0.1, 0.15) is 11.2 Å². The van der Waals surface area contributed by atoms with Gasteiger partial charge in [0.25, 0.3) is 0 Å². The van der Waals surface area contributed by atoms with Crippen LogP contribution in [0, 0.1) is 0 Å². The predicted octanol–water partition coefficient (Wildman–Crippen LogP) is 4.61. The molecule has 2 heterocycles. The van der Waals surface area contributed by atoms with Crippen molar-refractivity contribution in [3.8, 4) is 0 Å². The maximum atomic E-state index is 6.47. The lowest BCUT2D eigenvalue weighted by atomic mass is 10.0. The summed E-state index contributed by atoms with van der Waals surface area (Å²) in [5.74, 6) is -0.803. The standard InChI is InChI=1S/C15H18Cl2O2/c16-11-9-15(18-13(11)5-1-2-6-13)10-12(17)14(19-15)7-3-4-8-14/h9-10H,1-8H2. The summed E-state index contributed by atoms with van der Waals surface area (Å²) in [4.78, 5) is 0. The number of hydrogen-bond acceptors (Lipinski definition) is 2. The largest absolute Gasteiger partial charge is 0.331 e. The van der Waals surface area contributed by atoms with Crippen molar-refractivity contribution >= 4 is 23.2 Å². The molecule has 0 N–H and O–H groups in total. The number of hydrogen-bond donors (Lipinski definition) is 0. The molecule has 0 atom stereocenters. The number of ether oxygens (including phenoxy) is 2. The molecule has 0 aromatic rings. The molecule has 3 spiro atoms. The normalized spacial score (nSPS) is 33.6. The Morgan fingerprint density at radius 2 is 1.11 bits per heavy atom. The van der Waals surface area contributed by atoms with Crippen molar-refractivity contribution < 1.29 is 9.47 Å². The summed E-state index contributed by atoms with van der Waals surface area (Å²) in [6.07, 6.45) is 12.5. The van der Waals surface area contributed by atoms with Gasteiger partial charge in [0.15, 0.2) is 0 Å². The third-order valence-corrected chi connectivity index (χ3v) is 5.97. The minimum atomic E-state index is -0.803. The third-order valence-electron chi connectivity index (χ3n) is 5.06. The Labute approximate surface area is 123 Å². The van der Waals surface area contributed by atoms with E-state index in [4.69, 9.17) is 32.7 Å². The van der Waals surface area contributed by atoms with Crippen LogP contribution in [0.3, 0.4) is 0 Å². The summed E-state index contributed by atoms with van der Waals surface area (Å²) in [7, 11) is 0. The fourth-order valence-electron chi connectivity index (χ4n) is 4.08. The van der Waals surface area contributed by atoms with Gasteiger partial charge in [-0.3, -0.25) is 0 Å². The first-order valence-electron chi connectivity index (χ1n) is 7.26. The highest BCUT2D eigenvalue weighted by molar-refractivity contribution is 6.32. The molecule has 0 aromatic carbocycles. The molecular weight excluding hydrogens is 283 g/mol. The minimum Gasteiger partial charge on any atom is -0.331 e. The van der Waals surface area contributed by atoms with E-state index in [1.807, 2.05) is 12.2 Å². The quantitative estimate of drug-likeness (QED) is 0.650. The second-order valence-corrected chi connectivity index (χ2v) is 7.13. The molecule has 2 aliphatic carbocycles. The lowest BCUT2D eigenvalue weighted by Crippen LogP contribution is -2.39. The van der Waals surface area contributed by atoms with Crippen LogP contribution in [0.5, 0.6) is 0 Å². The average molecular weight is 301 g/mol. The zero-order valence-electron chi connectivity index (χ0n) is 10.9. The van der Waals surface area contributed by atoms with Gasteiger partial charge in [-0.1, -0.05) is 48.9 Å². The van der Waals surface area contributed by atoms with Crippen LogP contribution in [-0.4, -0.2) is 17.0 Å². The van der Waals surface area contributed by atoms with E-state index in [0.717, 1.165) is 35.7 Å². The highest BCUT2D eigenvalue weighted by Crippen LogP contribution is 2.57. The highest BCUT2D eigenvalue weighted by atomic mass is 35.5. The molecule has 0 amide bonds. The molecular formula is C15H18Cl2O2. The number of rotatable bonds is 0. The Balaban J connectivity index is 1.67. The van der Waals surface area contributed by atoms with Crippen LogP contribution in [-0.2, 0) is 9.47 Å². The molecule has 0 radical (unpaired) electrons. The van der Waals surface area contributed by atoms with Gasteiger partial charge >= 0.3 is 0 Å². The Kier molecular flexibility index (Phi) is 2.68. The number of halogens is 2. The fourth-order valence-corrected chi connectivity index (χ4v) is 4.84. The van der Waals surface area contributed by atoms with Gasteiger partial charge < -0.3 is 9.47 Å². The van der Waals surface area contributed by atoms with Crippen molar-refractivity contribution in [2.75, 3.05) is 0 Å². The first-order valence-corrected chi connectivity index (χ1v) is 8.02. The molecule has 4 rings (SSSR count). The second-order valence-electron chi connectivity index (χ2n) is 6.31. The summed E-state index contributed by atoms with van der Waals surface area (Å²) in [5.41, 5.74) is -0.612. The van der Waals surface area contributed by atoms with E-state index >= 15 is 0 Å². The van der Waals surface area contributed by atoms with Gasteiger partial charge in [-0.15, -0.1) is 0 Å². The van der Waals surface area contributed by atoms with E-state index in [9.17, 15) is 0 Å². The Morgan fingerprint density at radius 1 is 0.737 bits per heavy atom. The summed E-state index contributed by atoms with van der Waals surface area (Å²) in [6.45, 7) is 0. The van der Waals surface area contributed by atoms with Crippen molar-refractivity contribution in [3.05, 3.63) is 22.2 Å². The van der Waals surface area contributed by atoms with Gasteiger partial charge in [-0.05, 0) is 37.8 Å². The molecule has 4 aliphatic rings. The molecule has 2 saturated carbocycles. The molecule has 2 nitrogen and oxygen atoms in total. The zero-order valence-corrected chi connectivity index (χ0v) is 12.4. The minimum absolute atomic E-state index is 0.306. The highest BCUT2D eigenvalue weighted by Gasteiger charge is 2.58. The summed E-state index contributed by atoms with van der Waals surface area (Å²) in [6, 6.07) is 0. The molecule has 4 heteroatoms. The van der Waals surface area contributed by atoms with E-state index < -0.39 is 5.79 Å². The topological polar surface area (TPSA) is 18.5 Å². The van der Waals surface area contributed by atoms with Gasteiger partial charge in [-0.25, -0.2) is 0 Å². The van der Waals surface area contributed by atoms with Gasteiger partial charge in [-0.2, -0.15) is 0 Å². The zero-order chi connectivity index (χ0) is 13.1. The maximum absolute atomic E-state index is 6.47. The van der Waals surface area contributed by atoms with Crippen molar-refractivity contribution in [1.82, 2.24) is 0 Å². The van der Waals surface area contributed by atoms with E-state index in [2.05, 4.69) is 0 Å². The van der Waals surface area contributed by atoms with E-state index in [-0.39, 0.29) is 11.2 Å². The third kappa shape index (κ3) is 1.70. The summed E-state index contributed by atoms with van der Waals surface area (Å²) in [5, 5.41) is 1.61. The maximum Gasteiger partial charge on any atom is 0.212 e. The molecule has 104 valence electrons. The van der Waals surface area contributed by atoms with Gasteiger partial charge in [0.05, 0.1) is 10.1 Å². The van der Waals surface area contributed by atoms with Gasteiger partial charge in [0.2, 0.25) is 5.79 Å². The Morgan fingerprint density at radius 3 is 1.47 bits per heavy atom. The monoisotopic (exact) mass is 300 g/mol. The van der Waals surface area contributed by atoms with Crippen LogP contribution in [0.2, 0.25) is 0 Å². The lowest BCUT2D eigenvalue weighted by Gasteiger charge is -2.33. The van der Waals surface area contributed by atoms with Crippen molar-refractivity contribution in [3.63, 3.8) is 0 Å². The lowest BCUT2D eigenvalue weighted by molar-refractivity contribution is -0.232. The second kappa shape index (κ2) is 4.00. The summed E-state index contributed by atoms with van der Waals surface area (Å²) >= 11 is 12.9. The first kappa shape index (κ1) is 12.7. The molecule has 0 aromatic heterocycles. The molecule has 2 aliphatic heterocycles. The summed E-state index contributed by atoms with van der Waals surface area (Å²) < 4.78 is 12.6. The van der Waals surface area contributed by atoms with E-state index in [1.165, 1.54) is 25.7 Å². The molecule has 0 saturated heterocycles. The van der Waals surface area contributed by atoms with Crippen LogP contribution in [0.15, 0.2) is 22.2 Å². The SMILES string of the molecule is ClC1=CC2(C=C(Cl)C3(CCCC3)O2)OC12CCCC2. The Hall–Kier alpha value is -0.0200. The van der Waals surface area contributed by atoms with Crippen molar-refractivity contribution in [2.45, 2.75) is 68.4 Å². The first-order chi connectivity index (χ1) is 9.08. The van der Waals surface area contributed by atoms with Crippen LogP contribution in [0.25, 0.3) is 0 Å². The van der Waals surface area contributed by atoms with Crippen molar-refractivity contribution in [2.24, 2.45) is 0 Å². The molecule has 19 heavy (non-hydrogen) atoms. The van der Waals surface area contributed by atoms with Crippen LogP contribution < -0.4 is 0 Å². The molecule has 0 unspecified atom stereocenters. The van der Waals surface area contributed by atoms with E-state index in [0.29, 0.717) is 0 Å². The van der Waals surface area contributed by atoms with E-state index in [1.54, 1.807) is 0 Å². The Bertz CT molecular complexity index is 425. The predicted molar refractivity (Wildman–Crippen MR) is 75.2 cm³/mol. The fraction of sp³-hybridized carbons (Fsp3) is 0.733. The van der Waals surface area contributed by atoms with Crippen LogP contribution in [0.4, 0.5) is 0 Å².